The van der Waals surface area contributed by atoms with E-state index in [0.717, 1.165) is 0 Å². The van der Waals surface area contributed by atoms with Crippen LogP contribution < -0.4 is 5.32 Å². The summed E-state index contributed by atoms with van der Waals surface area (Å²) in [5, 5.41) is 9.97. The number of amides is 1. The number of hydrogen-bond acceptors (Lipinski definition) is 4. The van der Waals surface area contributed by atoms with Crippen molar-refractivity contribution in [1.82, 2.24) is 10.2 Å². The zero-order valence-electron chi connectivity index (χ0n) is 10.6. The van der Waals surface area contributed by atoms with Gasteiger partial charge in [0.05, 0.1) is 0 Å². The Morgan fingerprint density at radius 2 is 1.89 bits per heavy atom. The molecule has 94 valence electrons. The Bertz CT molecular complexity index is 544. The molecule has 0 aliphatic heterocycles. The normalized spacial score (nSPS) is 10.7. The van der Waals surface area contributed by atoms with Crippen LogP contribution >= 0.6 is 0 Å². The lowest BCUT2D eigenvalue weighted by Gasteiger charge is -2.07. The lowest BCUT2D eigenvalue weighted by atomic mass is 10.0. The first-order chi connectivity index (χ1) is 8.56. The standard InChI is InChI=1S/C13H15N3O2/c1-8(2)10-4-6-11(7-5-10)14-12(17)13-16-15-9(3)18-13/h4-8H,1-3H3,(H,14,17). The number of aryl methyl sites for hydroxylation is 1. The summed E-state index contributed by atoms with van der Waals surface area (Å²) in [5.74, 6) is 0.414. The molecule has 2 aromatic rings. The molecular formula is C13H15N3O2. The van der Waals surface area contributed by atoms with E-state index in [1.54, 1.807) is 6.92 Å². The highest BCUT2D eigenvalue weighted by atomic mass is 16.4. The Morgan fingerprint density at radius 1 is 1.22 bits per heavy atom. The van der Waals surface area contributed by atoms with Crippen molar-refractivity contribution in [3.8, 4) is 0 Å². The summed E-state index contributed by atoms with van der Waals surface area (Å²) in [6, 6.07) is 7.69. The minimum atomic E-state index is -0.395. The molecule has 0 radical (unpaired) electrons. The van der Waals surface area contributed by atoms with Crippen LogP contribution in [0.3, 0.4) is 0 Å². The van der Waals surface area contributed by atoms with Gasteiger partial charge in [-0.3, -0.25) is 4.79 Å². The Kier molecular flexibility index (Phi) is 3.41. The minimum absolute atomic E-state index is 0.0274. The second-order valence-corrected chi connectivity index (χ2v) is 4.36. The molecule has 1 N–H and O–H groups in total. The van der Waals surface area contributed by atoms with Crippen LogP contribution in [0.5, 0.6) is 0 Å². The van der Waals surface area contributed by atoms with Gasteiger partial charge in [0, 0.05) is 12.6 Å². The predicted molar refractivity (Wildman–Crippen MR) is 67.5 cm³/mol. The molecule has 5 nitrogen and oxygen atoms in total. The molecule has 0 unspecified atom stereocenters. The maximum Gasteiger partial charge on any atom is 0.313 e. The molecular weight excluding hydrogens is 230 g/mol. The highest BCUT2D eigenvalue weighted by molar-refractivity contribution is 6.00. The largest absolute Gasteiger partial charge is 0.417 e. The van der Waals surface area contributed by atoms with Gasteiger partial charge in [0.1, 0.15) is 0 Å². The molecule has 0 spiro atoms. The van der Waals surface area contributed by atoms with Gasteiger partial charge in [0.25, 0.3) is 0 Å². The Morgan fingerprint density at radius 3 is 2.39 bits per heavy atom. The van der Waals surface area contributed by atoms with Gasteiger partial charge in [0.15, 0.2) is 0 Å². The van der Waals surface area contributed by atoms with E-state index in [1.807, 2.05) is 24.3 Å². The zero-order chi connectivity index (χ0) is 13.1. The molecule has 0 saturated carbocycles. The molecule has 1 aromatic heterocycles. The van der Waals surface area contributed by atoms with Gasteiger partial charge in [0.2, 0.25) is 5.89 Å². The summed E-state index contributed by atoms with van der Waals surface area (Å²) in [6.45, 7) is 5.88. The van der Waals surface area contributed by atoms with Crippen LogP contribution in [0, 0.1) is 6.92 Å². The molecule has 5 heteroatoms. The van der Waals surface area contributed by atoms with E-state index in [9.17, 15) is 4.79 Å². The highest BCUT2D eigenvalue weighted by Crippen LogP contribution is 2.17. The van der Waals surface area contributed by atoms with E-state index in [0.29, 0.717) is 17.5 Å². The number of aromatic nitrogens is 2. The predicted octanol–water partition coefficient (Wildman–Crippen LogP) is 2.75. The van der Waals surface area contributed by atoms with Crippen molar-refractivity contribution in [2.24, 2.45) is 0 Å². The van der Waals surface area contributed by atoms with E-state index in [4.69, 9.17) is 4.42 Å². The van der Waals surface area contributed by atoms with Crippen molar-refractivity contribution in [3.05, 3.63) is 41.6 Å². The van der Waals surface area contributed by atoms with E-state index >= 15 is 0 Å². The van der Waals surface area contributed by atoms with Crippen LogP contribution in [0.15, 0.2) is 28.7 Å². The van der Waals surface area contributed by atoms with Gasteiger partial charge in [-0.1, -0.05) is 26.0 Å². The van der Waals surface area contributed by atoms with E-state index in [2.05, 4.69) is 29.4 Å². The Labute approximate surface area is 105 Å². The lowest BCUT2D eigenvalue weighted by molar-refractivity contribution is 0.0989. The van der Waals surface area contributed by atoms with Crippen LogP contribution in [0.1, 0.15) is 41.9 Å². The summed E-state index contributed by atoms with van der Waals surface area (Å²) in [5.41, 5.74) is 1.93. The minimum Gasteiger partial charge on any atom is -0.417 e. The maximum atomic E-state index is 11.7. The number of nitrogens with one attached hydrogen (secondary N) is 1. The molecule has 0 aliphatic carbocycles. The van der Waals surface area contributed by atoms with Gasteiger partial charge < -0.3 is 9.73 Å². The van der Waals surface area contributed by atoms with Gasteiger partial charge in [-0.05, 0) is 23.6 Å². The number of rotatable bonds is 3. The van der Waals surface area contributed by atoms with Crippen LogP contribution in [0.2, 0.25) is 0 Å². The molecule has 0 saturated heterocycles. The maximum absolute atomic E-state index is 11.7. The second kappa shape index (κ2) is 5.00. The summed E-state index contributed by atoms with van der Waals surface area (Å²) < 4.78 is 5.05. The second-order valence-electron chi connectivity index (χ2n) is 4.36. The first kappa shape index (κ1) is 12.3. The number of benzene rings is 1. The smallest absolute Gasteiger partial charge is 0.313 e. The molecule has 1 aromatic carbocycles. The highest BCUT2D eigenvalue weighted by Gasteiger charge is 2.13. The molecule has 18 heavy (non-hydrogen) atoms. The number of anilines is 1. The lowest BCUT2D eigenvalue weighted by Crippen LogP contribution is -2.12. The molecule has 0 aliphatic rings. The van der Waals surface area contributed by atoms with Crippen molar-refractivity contribution in [3.63, 3.8) is 0 Å². The summed E-state index contributed by atoms with van der Waals surface area (Å²) >= 11 is 0. The molecule has 0 fully saturated rings. The van der Waals surface area contributed by atoms with E-state index < -0.39 is 5.91 Å². The van der Waals surface area contributed by atoms with Crippen LogP contribution in [-0.2, 0) is 0 Å². The van der Waals surface area contributed by atoms with Crippen molar-refractivity contribution in [2.45, 2.75) is 26.7 Å². The van der Waals surface area contributed by atoms with Crippen molar-refractivity contribution < 1.29 is 9.21 Å². The number of nitrogens with zero attached hydrogens (tertiary/aromatic N) is 2. The first-order valence-corrected chi connectivity index (χ1v) is 5.77. The average Bonchev–Trinajstić information content (AvgIpc) is 2.76. The third-order valence-corrected chi connectivity index (χ3v) is 2.56. The summed E-state index contributed by atoms with van der Waals surface area (Å²) in [7, 11) is 0. The van der Waals surface area contributed by atoms with Crippen LogP contribution in [-0.4, -0.2) is 16.1 Å². The number of carbonyl (C=O) groups is 1. The molecule has 0 bridgehead atoms. The van der Waals surface area contributed by atoms with E-state index in [-0.39, 0.29) is 5.89 Å². The quantitative estimate of drug-likeness (QED) is 0.902. The van der Waals surface area contributed by atoms with E-state index in [1.165, 1.54) is 5.56 Å². The Balaban J connectivity index is 2.07. The van der Waals surface area contributed by atoms with Crippen LogP contribution in [0.25, 0.3) is 0 Å². The molecule has 1 heterocycles. The average molecular weight is 245 g/mol. The molecule has 2 rings (SSSR count). The van der Waals surface area contributed by atoms with Crippen LogP contribution in [0.4, 0.5) is 5.69 Å². The third-order valence-electron chi connectivity index (χ3n) is 2.56. The summed E-state index contributed by atoms with van der Waals surface area (Å²) in [6.07, 6.45) is 0. The van der Waals surface area contributed by atoms with Gasteiger partial charge in [-0.25, -0.2) is 0 Å². The SMILES string of the molecule is Cc1nnc(C(=O)Nc2ccc(C(C)C)cc2)o1. The number of hydrogen-bond donors (Lipinski definition) is 1. The third kappa shape index (κ3) is 2.74. The zero-order valence-corrected chi connectivity index (χ0v) is 10.6. The molecule has 0 atom stereocenters. The topological polar surface area (TPSA) is 68.0 Å². The molecule has 1 amide bonds. The fraction of sp³-hybridized carbons (Fsp3) is 0.308. The number of carbonyl (C=O) groups excluding carboxylic acids is 1. The van der Waals surface area contributed by atoms with Gasteiger partial charge in [-0.2, -0.15) is 0 Å². The van der Waals surface area contributed by atoms with Gasteiger partial charge in [-0.15, -0.1) is 10.2 Å². The van der Waals surface area contributed by atoms with Crippen molar-refractivity contribution in [1.29, 1.82) is 0 Å². The monoisotopic (exact) mass is 245 g/mol. The van der Waals surface area contributed by atoms with Gasteiger partial charge >= 0.3 is 11.8 Å². The fourth-order valence-electron chi connectivity index (χ4n) is 1.52. The fourth-order valence-corrected chi connectivity index (χ4v) is 1.52. The van der Waals surface area contributed by atoms with Crippen molar-refractivity contribution in [2.75, 3.05) is 5.32 Å². The summed E-state index contributed by atoms with van der Waals surface area (Å²) in [4.78, 5) is 11.7. The first-order valence-electron chi connectivity index (χ1n) is 5.77. The van der Waals surface area contributed by atoms with Crippen molar-refractivity contribution >= 4 is 11.6 Å². The Hall–Kier alpha value is -2.17.